The fourth-order valence-corrected chi connectivity index (χ4v) is 4.12. The van der Waals surface area contributed by atoms with Crippen LogP contribution in [0.4, 0.5) is 4.39 Å². The van der Waals surface area contributed by atoms with Crippen molar-refractivity contribution in [2.24, 2.45) is 7.05 Å². The summed E-state index contributed by atoms with van der Waals surface area (Å²) in [6.07, 6.45) is 8.50. The Bertz CT molecular complexity index is 1030. The molecule has 7 heteroatoms. The van der Waals surface area contributed by atoms with E-state index < -0.39 is 5.82 Å². The van der Waals surface area contributed by atoms with Crippen molar-refractivity contribution in [3.8, 4) is 16.9 Å². The second kappa shape index (κ2) is 8.65. The number of benzene rings is 1. The van der Waals surface area contributed by atoms with Crippen LogP contribution >= 0.6 is 0 Å². The van der Waals surface area contributed by atoms with E-state index in [9.17, 15) is 9.18 Å². The second-order valence-corrected chi connectivity index (χ2v) is 7.58. The van der Waals surface area contributed by atoms with Crippen molar-refractivity contribution in [2.75, 3.05) is 13.7 Å². The zero-order chi connectivity index (χ0) is 21.1. The molecule has 1 saturated heterocycles. The van der Waals surface area contributed by atoms with Crippen LogP contribution in [0, 0.1) is 5.82 Å². The molecule has 3 heterocycles. The Labute approximate surface area is 175 Å². The maximum atomic E-state index is 14.1. The van der Waals surface area contributed by atoms with Crippen LogP contribution < -0.4 is 4.74 Å². The molecule has 3 aromatic rings. The Hall–Kier alpha value is -3.22. The van der Waals surface area contributed by atoms with Crippen molar-refractivity contribution in [2.45, 2.75) is 31.7 Å². The van der Waals surface area contributed by atoms with E-state index in [1.807, 2.05) is 30.3 Å². The van der Waals surface area contributed by atoms with Gasteiger partial charge in [-0.15, -0.1) is 0 Å². The Morgan fingerprint density at radius 1 is 1.23 bits per heavy atom. The first kappa shape index (κ1) is 20.1. The lowest BCUT2D eigenvalue weighted by molar-refractivity contribution is -0.134. The van der Waals surface area contributed by atoms with Gasteiger partial charge in [0.1, 0.15) is 0 Å². The van der Waals surface area contributed by atoms with Crippen molar-refractivity contribution in [3.05, 3.63) is 66.0 Å². The minimum atomic E-state index is -0.456. The van der Waals surface area contributed by atoms with Crippen LogP contribution in [0.3, 0.4) is 0 Å². The molecule has 6 nitrogen and oxygen atoms in total. The van der Waals surface area contributed by atoms with Crippen molar-refractivity contribution in [3.63, 3.8) is 0 Å². The maximum Gasteiger partial charge on any atom is 0.227 e. The normalized spacial score (nSPS) is 16.5. The molecule has 0 unspecified atom stereocenters. The zero-order valence-electron chi connectivity index (χ0n) is 17.2. The number of amides is 1. The number of hydrogen-bond acceptors (Lipinski definition) is 4. The molecule has 1 aliphatic heterocycles. The van der Waals surface area contributed by atoms with Gasteiger partial charge in [0.15, 0.2) is 11.6 Å². The highest BCUT2D eigenvalue weighted by molar-refractivity contribution is 5.80. The number of carbonyl (C=O) groups excluding carboxylic acids is 1. The number of pyridine rings is 1. The molecule has 0 N–H and O–H groups in total. The number of ether oxygens (including phenoxy) is 1. The summed E-state index contributed by atoms with van der Waals surface area (Å²) >= 11 is 0. The number of hydrogen-bond donors (Lipinski definition) is 0. The molecular formula is C23H25FN4O2. The molecule has 1 aromatic carbocycles. The van der Waals surface area contributed by atoms with E-state index in [-0.39, 0.29) is 24.1 Å². The van der Waals surface area contributed by atoms with Crippen LogP contribution in [0.15, 0.2) is 48.9 Å². The SMILES string of the molecule is COc1ccc(CC(=O)N2CCCC[C@H]2c2nn(C)cc2-c2ccncc2)cc1F. The minimum absolute atomic E-state index is 0.0180. The maximum absolute atomic E-state index is 14.1. The molecule has 2 aromatic heterocycles. The van der Waals surface area contributed by atoms with Gasteiger partial charge in [0.05, 0.1) is 25.3 Å². The largest absolute Gasteiger partial charge is 0.494 e. The number of aryl methyl sites for hydroxylation is 1. The number of nitrogens with zero attached hydrogens (tertiary/aromatic N) is 4. The third kappa shape index (κ3) is 4.06. The van der Waals surface area contributed by atoms with Crippen LogP contribution in [0.5, 0.6) is 5.75 Å². The third-order valence-electron chi connectivity index (χ3n) is 5.56. The topological polar surface area (TPSA) is 60.2 Å². The van der Waals surface area contributed by atoms with E-state index >= 15 is 0 Å². The molecule has 1 aliphatic rings. The fourth-order valence-electron chi connectivity index (χ4n) is 4.12. The number of carbonyl (C=O) groups is 1. The van der Waals surface area contributed by atoms with Crippen molar-refractivity contribution >= 4 is 5.91 Å². The van der Waals surface area contributed by atoms with Crippen LogP contribution in [0.2, 0.25) is 0 Å². The van der Waals surface area contributed by atoms with Crippen LogP contribution in [0.1, 0.15) is 36.6 Å². The zero-order valence-corrected chi connectivity index (χ0v) is 17.2. The molecule has 1 fully saturated rings. The lowest BCUT2D eigenvalue weighted by Gasteiger charge is -2.35. The summed E-state index contributed by atoms with van der Waals surface area (Å²) in [6, 6.07) is 8.48. The van der Waals surface area contributed by atoms with Crippen LogP contribution in [-0.4, -0.2) is 39.2 Å². The Kier molecular flexibility index (Phi) is 5.79. The smallest absolute Gasteiger partial charge is 0.227 e. The second-order valence-electron chi connectivity index (χ2n) is 7.58. The average Bonchev–Trinajstić information content (AvgIpc) is 3.16. The summed E-state index contributed by atoms with van der Waals surface area (Å²) in [5, 5.41) is 4.71. The number of methoxy groups -OCH3 is 1. The van der Waals surface area contributed by atoms with Gasteiger partial charge in [-0.1, -0.05) is 6.07 Å². The number of halogens is 1. The molecule has 0 bridgehead atoms. The summed E-state index contributed by atoms with van der Waals surface area (Å²) in [5.74, 6) is -0.296. The predicted octanol–water partition coefficient (Wildman–Crippen LogP) is 3.93. The summed E-state index contributed by atoms with van der Waals surface area (Å²) < 4.78 is 20.8. The third-order valence-corrected chi connectivity index (χ3v) is 5.56. The Morgan fingerprint density at radius 2 is 2.03 bits per heavy atom. The van der Waals surface area contributed by atoms with E-state index in [1.165, 1.54) is 13.2 Å². The quantitative estimate of drug-likeness (QED) is 0.642. The van der Waals surface area contributed by atoms with E-state index in [4.69, 9.17) is 9.84 Å². The first-order valence-electron chi connectivity index (χ1n) is 10.1. The standard InChI is InChI=1S/C23H25FN4O2/c1-27-15-18(17-8-10-25-11-9-17)23(26-27)20-5-3-4-12-28(20)22(29)14-16-6-7-21(30-2)19(24)13-16/h6-11,13,15,20H,3-5,12,14H2,1-2H3/t20-/m0/s1. The monoisotopic (exact) mass is 408 g/mol. The molecular weight excluding hydrogens is 383 g/mol. The summed E-state index contributed by atoms with van der Waals surface area (Å²) in [5.41, 5.74) is 3.58. The molecule has 1 amide bonds. The van der Waals surface area contributed by atoms with Gasteiger partial charge in [-0.3, -0.25) is 14.5 Å². The summed E-state index contributed by atoms with van der Waals surface area (Å²) in [4.78, 5) is 19.2. The number of rotatable bonds is 5. The van der Waals surface area contributed by atoms with Gasteiger partial charge in [-0.25, -0.2) is 4.39 Å². The van der Waals surface area contributed by atoms with Gasteiger partial charge in [0.2, 0.25) is 5.91 Å². The first-order chi connectivity index (χ1) is 14.6. The number of aromatic nitrogens is 3. The van der Waals surface area contributed by atoms with Crippen LogP contribution in [0.25, 0.3) is 11.1 Å². The predicted molar refractivity (Wildman–Crippen MR) is 111 cm³/mol. The Morgan fingerprint density at radius 3 is 2.77 bits per heavy atom. The molecule has 1 atom stereocenters. The van der Waals surface area contributed by atoms with Crippen molar-refractivity contribution < 1.29 is 13.9 Å². The number of likely N-dealkylation sites (tertiary alicyclic amines) is 1. The summed E-state index contributed by atoms with van der Waals surface area (Å²) in [6.45, 7) is 0.675. The highest BCUT2D eigenvalue weighted by Crippen LogP contribution is 2.36. The van der Waals surface area contributed by atoms with Gasteiger partial charge in [0.25, 0.3) is 0 Å². The lowest BCUT2D eigenvalue weighted by atomic mass is 9.94. The van der Waals surface area contributed by atoms with E-state index in [0.29, 0.717) is 12.1 Å². The van der Waals surface area contributed by atoms with Gasteiger partial charge < -0.3 is 9.64 Å². The minimum Gasteiger partial charge on any atom is -0.494 e. The van der Waals surface area contributed by atoms with E-state index in [0.717, 1.165) is 36.1 Å². The van der Waals surface area contributed by atoms with Crippen LogP contribution in [-0.2, 0) is 18.3 Å². The molecule has 0 spiro atoms. The Balaban J connectivity index is 1.61. The van der Waals surface area contributed by atoms with Gasteiger partial charge in [-0.2, -0.15) is 5.10 Å². The van der Waals surface area contributed by atoms with Gasteiger partial charge in [-0.05, 0) is 54.7 Å². The molecule has 4 rings (SSSR count). The number of piperidine rings is 1. The molecule has 156 valence electrons. The van der Waals surface area contributed by atoms with Crippen molar-refractivity contribution in [1.82, 2.24) is 19.7 Å². The van der Waals surface area contributed by atoms with Gasteiger partial charge in [0, 0.05) is 37.7 Å². The molecule has 0 saturated carbocycles. The first-order valence-corrected chi connectivity index (χ1v) is 10.1. The fraction of sp³-hybridized carbons (Fsp3) is 0.348. The molecule has 30 heavy (non-hydrogen) atoms. The average molecular weight is 408 g/mol. The lowest BCUT2D eigenvalue weighted by Crippen LogP contribution is -2.39. The molecule has 0 radical (unpaired) electrons. The van der Waals surface area contributed by atoms with Gasteiger partial charge >= 0.3 is 0 Å². The highest BCUT2D eigenvalue weighted by atomic mass is 19.1. The van der Waals surface area contributed by atoms with E-state index in [2.05, 4.69) is 4.98 Å². The highest BCUT2D eigenvalue weighted by Gasteiger charge is 2.32. The van der Waals surface area contributed by atoms with E-state index in [1.54, 1.807) is 29.2 Å². The van der Waals surface area contributed by atoms with Crippen molar-refractivity contribution in [1.29, 1.82) is 0 Å². The summed E-state index contributed by atoms with van der Waals surface area (Å²) in [7, 11) is 3.32. The molecule has 0 aliphatic carbocycles.